The number of oxazole rings is 1. The summed E-state index contributed by atoms with van der Waals surface area (Å²) in [6.45, 7) is 4.97. The third-order valence-corrected chi connectivity index (χ3v) is 5.51. The van der Waals surface area contributed by atoms with Crippen LogP contribution in [0.2, 0.25) is 0 Å². The Morgan fingerprint density at radius 3 is 2.57 bits per heavy atom. The van der Waals surface area contributed by atoms with Crippen LogP contribution in [0.4, 0.5) is 0 Å². The van der Waals surface area contributed by atoms with Crippen molar-refractivity contribution in [3.05, 3.63) is 60.2 Å². The van der Waals surface area contributed by atoms with E-state index in [4.69, 9.17) is 14.1 Å². The van der Waals surface area contributed by atoms with E-state index in [1.807, 2.05) is 19.2 Å². The maximum absolute atomic E-state index is 5.97. The summed E-state index contributed by atoms with van der Waals surface area (Å²) in [5.41, 5.74) is 4.29. The van der Waals surface area contributed by atoms with Crippen molar-refractivity contribution in [2.45, 2.75) is 32.2 Å². The van der Waals surface area contributed by atoms with E-state index in [0.717, 1.165) is 54.3 Å². The number of methoxy groups -OCH3 is 1. The average molecular weight is 450 g/mol. The van der Waals surface area contributed by atoms with E-state index in [1.165, 1.54) is 12.8 Å². The number of aromatic nitrogens is 2. The smallest absolute Gasteiger partial charge is 0.226 e. The molecule has 0 unspecified atom stereocenters. The Labute approximate surface area is 190 Å². The van der Waals surface area contributed by atoms with Gasteiger partial charge in [-0.15, -0.1) is 24.8 Å². The molecule has 0 aliphatic carbocycles. The van der Waals surface area contributed by atoms with Gasteiger partial charge in [-0.3, -0.25) is 9.88 Å². The summed E-state index contributed by atoms with van der Waals surface area (Å²) in [6, 6.07) is 12.8. The number of rotatable bonds is 7. The van der Waals surface area contributed by atoms with Crippen LogP contribution in [-0.4, -0.2) is 47.7 Å². The average Bonchev–Trinajstić information content (AvgIpc) is 3.33. The molecular weight excluding hydrogens is 421 g/mol. The molecule has 0 N–H and O–H groups in total. The minimum absolute atomic E-state index is 0. The molecule has 1 fully saturated rings. The summed E-state index contributed by atoms with van der Waals surface area (Å²) in [6.07, 6.45) is 7.04. The molecule has 1 atom stereocenters. The molecule has 1 aromatic carbocycles. The fourth-order valence-electron chi connectivity index (χ4n) is 3.94. The molecule has 0 amide bonds. The van der Waals surface area contributed by atoms with Gasteiger partial charge < -0.3 is 9.15 Å². The summed E-state index contributed by atoms with van der Waals surface area (Å²) < 4.78 is 11.3. The van der Waals surface area contributed by atoms with Gasteiger partial charge in [-0.1, -0.05) is 18.2 Å². The maximum Gasteiger partial charge on any atom is 0.226 e. The van der Waals surface area contributed by atoms with Crippen molar-refractivity contribution < 1.29 is 9.15 Å². The van der Waals surface area contributed by atoms with Gasteiger partial charge in [-0.05, 0) is 55.6 Å². The van der Waals surface area contributed by atoms with Crippen LogP contribution in [0.25, 0.3) is 22.6 Å². The molecule has 5 nitrogen and oxygen atoms in total. The van der Waals surface area contributed by atoms with Crippen LogP contribution in [-0.2, 0) is 11.2 Å². The van der Waals surface area contributed by atoms with Crippen molar-refractivity contribution in [2.75, 3.05) is 26.8 Å². The summed E-state index contributed by atoms with van der Waals surface area (Å²) in [4.78, 5) is 11.5. The molecule has 3 aromatic rings. The van der Waals surface area contributed by atoms with Crippen molar-refractivity contribution in [3.8, 4) is 22.6 Å². The van der Waals surface area contributed by atoms with Crippen molar-refractivity contribution >= 4 is 24.8 Å². The zero-order valence-electron chi connectivity index (χ0n) is 17.4. The lowest BCUT2D eigenvalue weighted by Gasteiger charge is -2.23. The van der Waals surface area contributed by atoms with Gasteiger partial charge in [0, 0.05) is 44.1 Å². The molecule has 3 heterocycles. The maximum atomic E-state index is 5.97. The van der Waals surface area contributed by atoms with Gasteiger partial charge >= 0.3 is 0 Å². The SMILES string of the molecule is COC[C@@H]1CCCN1CCc1nc(-c2ccc(-c3cccnc3)cc2)oc1C.Cl.Cl. The number of hydrogen-bond donors (Lipinski definition) is 0. The molecule has 0 saturated carbocycles. The van der Waals surface area contributed by atoms with Crippen molar-refractivity contribution in [1.82, 2.24) is 14.9 Å². The highest BCUT2D eigenvalue weighted by Crippen LogP contribution is 2.26. The Kier molecular flexibility index (Phi) is 9.31. The van der Waals surface area contributed by atoms with E-state index in [9.17, 15) is 0 Å². The molecule has 1 saturated heterocycles. The number of likely N-dealkylation sites (tertiary alicyclic amines) is 1. The Bertz CT molecular complexity index is 901. The summed E-state index contributed by atoms with van der Waals surface area (Å²) >= 11 is 0. The largest absolute Gasteiger partial charge is 0.441 e. The number of nitrogens with zero attached hydrogens (tertiary/aromatic N) is 3. The van der Waals surface area contributed by atoms with Gasteiger partial charge in [-0.2, -0.15) is 0 Å². The lowest BCUT2D eigenvalue weighted by molar-refractivity contribution is 0.116. The Hall–Kier alpha value is -1.92. The first-order valence-electron chi connectivity index (χ1n) is 9.94. The Morgan fingerprint density at radius 1 is 1.10 bits per heavy atom. The number of aryl methyl sites for hydroxylation is 1. The van der Waals surface area contributed by atoms with Crippen LogP contribution in [0.1, 0.15) is 24.3 Å². The third-order valence-electron chi connectivity index (χ3n) is 5.51. The summed E-state index contributed by atoms with van der Waals surface area (Å²) in [5, 5.41) is 0. The van der Waals surface area contributed by atoms with Gasteiger partial charge in [0.15, 0.2) is 0 Å². The van der Waals surface area contributed by atoms with Crippen LogP contribution in [0.3, 0.4) is 0 Å². The van der Waals surface area contributed by atoms with Crippen LogP contribution in [0.5, 0.6) is 0 Å². The predicted octanol–water partition coefficient (Wildman–Crippen LogP) is 5.21. The van der Waals surface area contributed by atoms with Gasteiger partial charge in [0.05, 0.1) is 12.3 Å². The summed E-state index contributed by atoms with van der Waals surface area (Å²) in [5.74, 6) is 1.61. The molecule has 30 heavy (non-hydrogen) atoms. The third kappa shape index (κ3) is 5.61. The fourth-order valence-corrected chi connectivity index (χ4v) is 3.94. The van der Waals surface area contributed by atoms with Crippen molar-refractivity contribution in [2.24, 2.45) is 0 Å². The van der Waals surface area contributed by atoms with Crippen LogP contribution < -0.4 is 0 Å². The zero-order chi connectivity index (χ0) is 19.3. The second kappa shape index (κ2) is 11.5. The lowest BCUT2D eigenvalue weighted by atomic mass is 10.1. The van der Waals surface area contributed by atoms with Crippen LogP contribution in [0.15, 0.2) is 53.2 Å². The highest BCUT2D eigenvalue weighted by atomic mass is 35.5. The monoisotopic (exact) mass is 449 g/mol. The van der Waals surface area contributed by atoms with E-state index < -0.39 is 0 Å². The second-order valence-electron chi connectivity index (χ2n) is 7.38. The van der Waals surface area contributed by atoms with E-state index in [1.54, 1.807) is 13.3 Å². The first-order chi connectivity index (χ1) is 13.7. The zero-order valence-corrected chi connectivity index (χ0v) is 19.0. The molecule has 2 aromatic heterocycles. The molecule has 1 aliphatic heterocycles. The minimum atomic E-state index is 0. The molecule has 162 valence electrons. The van der Waals surface area contributed by atoms with Crippen LogP contribution >= 0.6 is 24.8 Å². The number of hydrogen-bond acceptors (Lipinski definition) is 5. The summed E-state index contributed by atoms with van der Waals surface area (Å²) in [7, 11) is 1.78. The minimum Gasteiger partial charge on any atom is -0.441 e. The standard InChI is InChI=1S/C23H27N3O2.2ClH/c1-17-22(11-14-26-13-4-6-21(26)16-27-2)25-23(28-17)19-9-7-18(8-10-19)20-5-3-12-24-15-20;;/h3,5,7-10,12,15,21H,4,6,11,13-14,16H2,1-2H3;2*1H/t21-;;/m0../s1. The topological polar surface area (TPSA) is 51.4 Å². The first kappa shape index (κ1) is 24.4. The molecular formula is C23H29Cl2N3O2. The van der Waals surface area contributed by atoms with Gasteiger partial charge in [0.25, 0.3) is 0 Å². The highest BCUT2D eigenvalue weighted by molar-refractivity contribution is 5.85. The van der Waals surface area contributed by atoms with E-state index >= 15 is 0 Å². The van der Waals surface area contributed by atoms with E-state index in [2.05, 4.69) is 40.2 Å². The quantitative estimate of drug-likeness (QED) is 0.495. The van der Waals surface area contributed by atoms with Gasteiger partial charge in [0.2, 0.25) is 5.89 Å². The van der Waals surface area contributed by atoms with Gasteiger partial charge in [-0.25, -0.2) is 4.98 Å². The number of halogens is 2. The molecule has 0 bridgehead atoms. The fraction of sp³-hybridized carbons (Fsp3) is 0.391. The molecule has 0 radical (unpaired) electrons. The normalized spacial score (nSPS) is 16.1. The lowest BCUT2D eigenvalue weighted by Crippen LogP contribution is -2.34. The molecule has 1 aliphatic rings. The number of benzene rings is 1. The van der Waals surface area contributed by atoms with E-state index in [-0.39, 0.29) is 24.8 Å². The van der Waals surface area contributed by atoms with Crippen molar-refractivity contribution in [1.29, 1.82) is 0 Å². The second-order valence-corrected chi connectivity index (χ2v) is 7.38. The Morgan fingerprint density at radius 2 is 1.87 bits per heavy atom. The van der Waals surface area contributed by atoms with Gasteiger partial charge in [0.1, 0.15) is 5.76 Å². The van der Waals surface area contributed by atoms with Crippen molar-refractivity contribution in [3.63, 3.8) is 0 Å². The predicted molar refractivity (Wildman–Crippen MR) is 125 cm³/mol. The highest BCUT2D eigenvalue weighted by Gasteiger charge is 2.24. The number of ether oxygens (including phenoxy) is 1. The Balaban J connectivity index is 0.00000160. The molecule has 7 heteroatoms. The first-order valence-corrected chi connectivity index (χ1v) is 9.94. The molecule has 4 rings (SSSR count). The molecule has 0 spiro atoms. The van der Waals surface area contributed by atoms with Crippen LogP contribution in [0, 0.1) is 6.92 Å². The van der Waals surface area contributed by atoms with E-state index in [0.29, 0.717) is 11.9 Å². The number of pyridine rings is 1.